The van der Waals surface area contributed by atoms with Crippen molar-refractivity contribution in [1.82, 2.24) is 19.2 Å². The monoisotopic (exact) mass is 491 g/mol. The summed E-state index contributed by atoms with van der Waals surface area (Å²) in [6.07, 6.45) is 1.16. The van der Waals surface area contributed by atoms with Crippen molar-refractivity contribution in [3.63, 3.8) is 0 Å². The van der Waals surface area contributed by atoms with Crippen molar-refractivity contribution in [2.75, 3.05) is 17.8 Å². The first-order valence-electron chi connectivity index (χ1n) is 9.86. The number of β-amino-alcohol motifs (C(OH)–C–C–N with tert-alkyl or cyclic N) is 1. The summed E-state index contributed by atoms with van der Waals surface area (Å²) >= 11 is 0.796. The summed E-state index contributed by atoms with van der Waals surface area (Å²) in [6, 6.07) is 8.43. The second-order valence-electron chi connectivity index (χ2n) is 7.74. The van der Waals surface area contributed by atoms with E-state index in [2.05, 4.69) is 19.4 Å². The van der Waals surface area contributed by atoms with Crippen LogP contribution in [0, 0.1) is 5.82 Å². The Hall–Kier alpha value is -3.13. The van der Waals surface area contributed by atoms with Crippen molar-refractivity contribution in [2.45, 2.75) is 23.5 Å². The van der Waals surface area contributed by atoms with Crippen LogP contribution in [0.2, 0.25) is 0 Å². The van der Waals surface area contributed by atoms with E-state index in [1.54, 1.807) is 31.2 Å². The van der Waals surface area contributed by atoms with Gasteiger partial charge in [0.2, 0.25) is 5.13 Å². The summed E-state index contributed by atoms with van der Waals surface area (Å²) in [7, 11) is -4.33. The van der Waals surface area contributed by atoms with Crippen LogP contribution in [0.4, 0.5) is 9.52 Å². The van der Waals surface area contributed by atoms with Crippen LogP contribution in [-0.4, -0.2) is 40.5 Å². The lowest BCUT2D eigenvalue weighted by Crippen LogP contribution is -2.57. The molecule has 1 atom stereocenters. The van der Waals surface area contributed by atoms with Crippen LogP contribution in [0.3, 0.4) is 0 Å². The number of sulfonamides is 1. The van der Waals surface area contributed by atoms with Gasteiger partial charge in [0.15, 0.2) is 5.58 Å². The Bertz CT molecular complexity index is 1510. The Morgan fingerprint density at radius 2 is 2.09 bits per heavy atom. The molecule has 5 rings (SSSR count). The summed E-state index contributed by atoms with van der Waals surface area (Å²) in [6.45, 7) is 2.47. The average molecular weight is 492 g/mol. The second-order valence-corrected chi connectivity index (χ2v) is 10.2. The summed E-state index contributed by atoms with van der Waals surface area (Å²) in [5, 5.41) is 13.9. The van der Waals surface area contributed by atoms with E-state index in [0.717, 1.165) is 30.0 Å². The minimum Gasteiger partial charge on any atom is -0.408 e. The lowest BCUT2D eigenvalue weighted by atomic mass is 9.83. The van der Waals surface area contributed by atoms with E-state index in [1.807, 2.05) is 0 Å². The molecule has 0 radical (unpaired) electrons. The van der Waals surface area contributed by atoms with E-state index in [4.69, 9.17) is 4.42 Å². The van der Waals surface area contributed by atoms with Crippen molar-refractivity contribution in [2.24, 2.45) is 0 Å². The molecule has 3 heterocycles. The van der Waals surface area contributed by atoms with E-state index in [-0.39, 0.29) is 16.2 Å². The van der Waals surface area contributed by atoms with Crippen molar-refractivity contribution >= 4 is 37.8 Å². The lowest BCUT2D eigenvalue weighted by molar-refractivity contribution is -0.0157. The number of oxazole rings is 1. The third-order valence-corrected chi connectivity index (χ3v) is 7.74. The minimum absolute atomic E-state index is 0.0258. The van der Waals surface area contributed by atoms with Gasteiger partial charge in [0, 0.05) is 36.8 Å². The van der Waals surface area contributed by atoms with Crippen LogP contribution >= 0.6 is 11.5 Å². The largest absolute Gasteiger partial charge is 0.420 e. The topological polar surface area (TPSA) is 139 Å². The van der Waals surface area contributed by atoms with Crippen molar-refractivity contribution in [1.29, 1.82) is 0 Å². The normalized spacial score (nSPS) is 16.5. The molecule has 0 amide bonds. The molecule has 10 nitrogen and oxygen atoms in total. The molecule has 0 aliphatic carbocycles. The molecule has 1 aliphatic rings. The summed E-state index contributed by atoms with van der Waals surface area (Å²) < 4.78 is 52.6. The molecule has 1 aliphatic heterocycles. The van der Waals surface area contributed by atoms with Gasteiger partial charge < -0.3 is 14.8 Å². The van der Waals surface area contributed by atoms with Gasteiger partial charge in [0.05, 0.1) is 11.6 Å². The predicted octanol–water partition coefficient (Wildman–Crippen LogP) is 1.79. The molecule has 1 unspecified atom stereocenters. The number of fused-ring (bicyclic) bond motifs is 1. The van der Waals surface area contributed by atoms with Gasteiger partial charge in [-0.25, -0.2) is 22.6 Å². The molecule has 4 aromatic rings. The number of nitrogens with zero attached hydrogens (tertiary/aromatic N) is 3. The second kappa shape index (κ2) is 7.73. The third kappa shape index (κ3) is 3.62. The maximum absolute atomic E-state index is 15.0. The zero-order valence-corrected chi connectivity index (χ0v) is 18.8. The highest BCUT2D eigenvalue weighted by Gasteiger charge is 2.39. The molecule has 1 saturated heterocycles. The van der Waals surface area contributed by atoms with Gasteiger partial charge in [-0.2, -0.15) is 4.37 Å². The zero-order chi connectivity index (χ0) is 23.4. The maximum Gasteiger partial charge on any atom is 0.420 e. The quantitative estimate of drug-likeness (QED) is 0.371. The fourth-order valence-corrected chi connectivity index (χ4v) is 5.71. The van der Waals surface area contributed by atoms with Gasteiger partial charge in [-0.1, -0.05) is 24.3 Å². The number of aromatic nitrogens is 3. The maximum atomic E-state index is 15.0. The first kappa shape index (κ1) is 21.7. The number of aliphatic hydroxyl groups is 1. The summed E-state index contributed by atoms with van der Waals surface area (Å²) in [4.78, 5) is 15.8. The molecule has 172 valence electrons. The van der Waals surface area contributed by atoms with Gasteiger partial charge in [-0.3, -0.25) is 9.29 Å². The SMILES string of the molecule is CC(c1ccccc1C1(O)CNC1)n1c(=O)oc2cc(S(=O)(=O)Nc3ncns3)c(F)cc21. The number of hydrogen-bond donors (Lipinski definition) is 3. The lowest BCUT2D eigenvalue weighted by Gasteiger charge is -2.40. The van der Waals surface area contributed by atoms with Gasteiger partial charge in [0.1, 0.15) is 22.6 Å². The Morgan fingerprint density at radius 3 is 2.76 bits per heavy atom. The molecule has 0 bridgehead atoms. The Balaban J connectivity index is 1.60. The fraction of sp³-hybridized carbons (Fsp3) is 0.250. The van der Waals surface area contributed by atoms with Crippen LogP contribution in [0.5, 0.6) is 0 Å². The Morgan fingerprint density at radius 1 is 1.33 bits per heavy atom. The number of hydrogen-bond acceptors (Lipinski definition) is 9. The molecular weight excluding hydrogens is 473 g/mol. The van der Waals surface area contributed by atoms with Crippen molar-refractivity contribution < 1.29 is 22.3 Å². The van der Waals surface area contributed by atoms with Crippen molar-refractivity contribution in [3.05, 3.63) is 70.2 Å². The first-order valence-corrected chi connectivity index (χ1v) is 12.1. The highest BCUT2D eigenvalue weighted by molar-refractivity contribution is 7.93. The van der Waals surface area contributed by atoms with Gasteiger partial charge in [-0.05, 0) is 18.1 Å². The summed E-state index contributed by atoms with van der Waals surface area (Å²) in [5.74, 6) is -1.84. The number of anilines is 1. The predicted molar refractivity (Wildman–Crippen MR) is 118 cm³/mol. The van der Waals surface area contributed by atoms with Crippen LogP contribution in [0.1, 0.15) is 24.1 Å². The zero-order valence-electron chi connectivity index (χ0n) is 17.1. The van der Waals surface area contributed by atoms with Gasteiger partial charge in [-0.15, -0.1) is 0 Å². The number of rotatable bonds is 6. The van der Waals surface area contributed by atoms with Crippen molar-refractivity contribution in [3.8, 4) is 0 Å². The highest BCUT2D eigenvalue weighted by atomic mass is 32.2. The molecule has 13 heteroatoms. The van der Waals surface area contributed by atoms with Crippen LogP contribution < -0.4 is 15.8 Å². The van der Waals surface area contributed by atoms with Gasteiger partial charge in [0.25, 0.3) is 10.0 Å². The first-order chi connectivity index (χ1) is 15.7. The molecule has 2 aromatic heterocycles. The third-order valence-electron chi connectivity index (χ3n) is 5.67. The number of benzene rings is 2. The molecule has 3 N–H and O–H groups in total. The Labute approximate surface area is 190 Å². The van der Waals surface area contributed by atoms with E-state index in [0.29, 0.717) is 24.2 Å². The number of halogens is 1. The molecule has 0 spiro atoms. The summed E-state index contributed by atoms with van der Waals surface area (Å²) in [5.41, 5.74) is 0.247. The molecule has 33 heavy (non-hydrogen) atoms. The van der Waals surface area contributed by atoms with Gasteiger partial charge >= 0.3 is 5.76 Å². The van der Waals surface area contributed by atoms with Crippen LogP contribution in [-0.2, 0) is 15.6 Å². The molecule has 1 fully saturated rings. The molecule has 2 aromatic carbocycles. The molecular formula is C20H18FN5O5S2. The highest BCUT2D eigenvalue weighted by Crippen LogP contribution is 2.34. The standard InChI is InChI=1S/C20H18FN5O5S2/c1-11(12-4-2-3-5-13(12)20(28)8-22-9-20)26-15-6-14(21)17(7-16(15)31-19(26)27)33(29,30)25-18-23-10-24-32-18/h2-7,10-11,22,28H,8-9H2,1H3,(H,23,24,25). The Kier molecular flexibility index (Phi) is 5.08. The fourth-order valence-electron chi connectivity index (χ4n) is 3.97. The van der Waals surface area contributed by atoms with E-state index in [9.17, 15) is 22.7 Å². The molecule has 0 saturated carbocycles. The average Bonchev–Trinajstić information content (AvgIpc) is 3.37. The van der Waals surface area contributed by atoms with Crippen LogP contribution in [0.15, 0.2) is 56.8 Å². The smallest absolute Gasteiger partial charge is 0.408 e. The van der Waals surface area contributed by atoms with E-state index in [1.165, 1.54) is 4.57 Å². The number of nitrogens with one attached hydrogen (secondary N) is 2. The van der Waals surface area contributed by atoms with E-state index < -0.39 is 38.1 Å². The minimum atomic E-state index is -4.33. The van der Waals surface area contributed by atoms with E-state index >= 15 is 0 Å². The van der Waals surface area contributed by atoms with Crippen LogP contribution in [0.25, 0.3) is 11.1 Å².